The SMILES string of the molecule is C=C(/C=C\N(C)C(=O)c1ccsc1)/C=C/c1ccccc1. The first-order valence-corrected chi connectivity index (χ1v) is 7.50. The number of nitrogens with zero attached hydrogens (tertiary/aromatic N) is 1. The van der Waals surface area contributed by atoms with E-state index in [1.807, 2.05) is 65.4 Å². The number of allylic oxidation sites excluding steroid dienone is 3. The van der Waals surface area contributed by atoms with E-state index in [1.54, 1.807) is 18.1 Å². The monoisotopic (exact) mass is 295 g/mol. The van der Waals surface area contributed by atoms with Crippen molar-refractivity contribution in [2.24, 2.45) is 0 Å². The Morgan fingerprint density at radius 1 is 1.19 bits per heavy atom. The molecule has 0 spiro atoms. The molecule has 1 aromatic heterocycles. The molecule has 0 radical (unpaired) electrons. The molecule has 0 aliphatic carbocycles. The summed E-state index contributed by atoms with van der Waals surface area (Å²) < 4.78 is 0. The maximum Gasteiger partial charge on any atom is 0.258 e. The van der Waals surface area contributed by atoms with Crippen molar-refractivity contribution in [3.63, 3.8) is 0 Å². The number of benzene rings is 1. The molecule has 21 heavy (non-hydrogen) atoms. The van der Waals surface area contributed by atoms with Crippen LogP contribution in [0.5, 0.6) is 0 Å². The predicted octanol–water partition coefficient (Wildman–Crippen LogP) is 4.60. The predicted molar refractivity (Wildman–Crippen MR) is 90.2 cm³/mol. The third-order valence-electron chi connectivity index (χ3n) is 2.89. The van der Waals surface area contributed by atoms with Crippen LogP contribution in [0.2, 0.25) is 0 Å². The molecule has 2 aromatic rings. The molecule has 2 nitrogen and oxygen atoms in total. The molecule has 0 saturated heterocycles. The van der Waals surface area contributed by atoms with Gasteiger partial charge < -0.3 is 4.90 Å². The summed E-state index contributed by atoms with van der Waals surface area (Å²) in [6.45, 7) is 3.95. The fourth-order valence-electron chi connectivity index (χ4n) is 1.69. The Labute approximate surface area is 129 Å². The topological polar surface area (TPSA) is 20.3 Å². The molecule has 106 valence electrons. The van der Waals surface area contributed by atoms with Gasteiger partial charge in [-0.05, 0) is 28.7 Å². The molecule has 1 aromatic carbocycles. The van der Waals surface area contributed by atoms with Crippen LogP contribution in [0.15, 0.2) is 77.7 Å². The van der Waals surface area contributed by atoms with Crippen molar-refractivity contribution in [3.8, 4) is 0 Å². The lowest BCUT2D eigenvalue weighted by Gasteiger charge is -2.10. The van der Waals surface area contributed by atoms with Crippen LogP contribution in [0, 0.1) is 0 Å². The molecule has 0 atom stereocenters. The first kappa shape index (κ1) is 15.0. The lowest BCUT2D eigenvalue weighted by molar-refractivity contribution is 0.0850. The van der Waals surface area contributed by atoms with E-state index in [1.165, 1.54) is 11.3 Å². The fraction of sp³-hybridized carbons (Fsp3) is 0.0556. The van der Waals surface area contributed by atoms with Crippen LogP contribution in [0.3, 0.4) is 0 Å². The van der Waals surface area contributed by atoms with E-state index >= 15 is 0 Å². The molecular formula is C18H17NOS. The highest BCUT2D eigenvalue weighted by Gasteiger charge is 2.08. The Kier molecular flexibility index (Phi) is 5.29. The van der Waals surface area contributed by atoms with Gasteiger partial charge in [0.25, 0.3) is 5.91 Å². The molecule has 1 amide bonds. The number of thiophene rings is 1. The number of hydrogen-bond acceptors (Lipinski definition) is 2. The van der Waals surface area contributed by atoms with Gasteiger partial charge in [0.05, 0.1) is 5.56 Å². The lowest BCUT2D eigenvalue weighted by Crippen LogP contribution is -2.20. The quantitative estimate of drug-likeness (QED) is 0.738. The summed E-state index contributed by atoms with van der Waals surface area (Å²) in [4.78, 5) is 13.6. The van der Waals surface area contributed by atoms with Crippen molar-refractivity contribution in [2.45, 2.75) is 0 Å². The van der Waals surface area contributed by atoms with Crippen molar-refractivity contribution in [1.82, 2.24) is 4.90 Å². The normalized spacial score (nSPS) is 11.1. The van der Waals surface area contributed by atoms with Crippen LogP contribution >= 0.6 is 11.3 Å². The van der Waals surface area contributed by atoms with Gasteiger partial charge >= 0.3 is 0 Å². The zero-order valence-corrected chi connectivity index (χ0v) is 12.7. The van der Waals surface area contributed by atoms with Crippen molar-refractivity contribution in [2.75, 3.05) is 7.05 Å². The molecule has 1 heterocycles. The summed E-state index contributed by atoms with van der Waals surface area (Å²) in [7, 11) is 1.74. The largest absolute Gasteiger partial charge is 0.318 e. The second-order valence-corrected chi connectivity index (χ2v) is 5.34. The van der Waals surface area contributed by atoms with Crippen LogP contribution in [0.4, 0.5) is 0 Å². The van der Waals surface area contributed by atoms with Gasteiger partial charge in [0.1, 0.15) is 0 Å². The van der Waals surface area contributed by atoms with Crippen molar-refractivity contribution in [3.05, 3.63) is 88.8 Å². The molecule has 0 aliphatic rings. The van der Waals surface area contributed by atoms with Gasteiger partial charge in [-0.3, -0.25) is 4.79 Å². The second kappa shape index (κ2) is 7.41. The van der Waals surface area contributed by atoms with Crippen LogP contribution in [-0.4, -0.2) is 17.9 Å². The van der Waals surface area contributed by atoms with Gasteiger partial charge in [-0.1, -0.05) is 49.1 Å². The zero-order chi connectivity index (χ0) is 15.1. The van der Waals surface area contributed by atoms with Crippen molar-refractivity contribution < 1.29 is 4.79 Å². The van der Waals surface area contributed by atoms with E-state index in [9.17, 15) is 4.79 Å². The van der Waals surface area contributed by atoms with E-state index in [4.69, 9.17) is 0 Å². The van der Waals surface area contributed by atoms with Crippen LogP contribution in [-0.2, 0) is 0 Å². The van der Waals surface area contributed by atoms with Gasteiger partial charge in [0, 0.05) is 18.6 Å². The van der Waals surface area contributed by atoms with E-state index in [0.29, 0.717) is 5.56 Å². The van der Waals surface area contributed by atoms with Gasteiger partial charge in [-0.15, -0.1) is 0 Å². The number of amides is 1. The zero-order valence-electron chi connectivity index (χ0n) is 11.9. The molecule has 0 fully saturated rings. The Balaban J connectivity index is 1.93. The average Bonchev–Trinajstić information content (AvgIpc) is 3.05. The van der Waals surface area contributed by atoms with E-state index in [0.717, 1.165) is 11.1 Å². The number of carbonyl (C=O) groups is 1. The molecule has 0 N–H and O–H groups in total. The van der Waals surface area contributed by atoms with E-state index < -0.39 is 0 Å². The molecule has 0 bridgehead atoms. The summed E-state index contributed by atoms with van der Waals surface area (Å²) in [5.41, 5.74) is 2.66. The lowest BCUT2D eigenvalue weighted by atomic mass is 10.2. The van der Waals surface area contributed by atoms with Gasteiger partial charge in [-0.25, -0.2) is 0 Å². The van der Waals surface area contributed by atoms with Crippen molar-refractivity contribution in [1.29, 1.82) is 0 Å². The van der Waals surface area contributed by atoms with Gasteiger partial charge in [-0.2, -0.15) is 11.3 Å². The maximum atomic E-state index is 12.0. The van der Waals surface area contributed by atoms with E-state index in [-0.39, 0.29) is 5.91 Å². The summed E-state index contributed by atoms with van der Waals surface area (Å²) in [5, 5.41) is 3.74. The Hall–Kier alpha value is -2.39. The standard InChI is InChI=1S/C18H17NOS/c1-15(8-9-16-6-4-3-5-7-16)10-12-19(2)18(20)17-11-13-21-14-17/h3-14H,1H2,2H3/b9-8+,12-10-. The summed E-state index contributed by atoms with van der Waals surface area (Å²) in [6.07, 6.45) is 7.48. The van der Waals surface area contributed by atoms with E-state index in [2.05, 4.69) is 6.58 Å². The van der Waals surface area contributed by atoms with Crippen LogP contribution in [0.25, 0.3) is 6.08 Å². The summed E-state index contributed by atoms with van der Waals surface area (Å²) >= 11 is 1.52. The minimum atomic E-state index is -0.0210. The molecule has 0 unspecified atom stereocenters. The Bertz CT molecular complexity index is 654. The molecule has 0 saturated carbocycles. The third-order valence-corrected chi connectivity index (χ3v) is 3.57. The first-order chi connectivity index (χ1) is 10.2. The Morgan fingerprint density at radius 3 is 2.62 bits per heavy atom. The first-order valence-electron chi connectivity index (χ1n) is 6.56. The summed E-state index contributed by atoms with van der Waals surface area (Å²) in [5.74, 6) is -0.0210. The minimum Gasteiger partial charge on any atom is -0.318 e. The molecule has 3 heteroatoms. The second-order valence-electron chi connectivity index (χ2n) is 4.56. The maximum absolute atomic E-state index is 12.0. The number of rotatable bonds is 5. The Morgan fingerprint density at radius 2 is 1.95 bits per heavy atom. The molecular weight excluding hydrogens is 278 g/mol. The highest BCUT2D eigenvalue weighted by Crippen LogP contribution is 2.10. The highest BCUT2D eigenvalue weighted by molar-refractivity contribution is 7.08. The van der Waals surface area contributed by atoms with Crippen molar-refractivity contribution >= 4 is 23.3 Å². The fourth-order valence-corrected chi connectivity index (χ4v) is 2.32. The third kappa shape index (κ3) is 4.58. The van der Waals surface area contributed by atoms with Gasteiger partial charge in [0.15, 0.2) is 0 Å². The number of hydrogen-bond donors (Lipinski definition) is 0. The summed E-state index contributed by atoms with van der Waals surface area (Å²) in [6, 6.07) is 11.8. The smallest absolute Gasteiger partial charge is 0.258 e. The highest BCUT2D eigenvalue weighted by atomic mass is 32.1. The average molecular weight is 295 g/mol. The van der Waals surface area contributed by atoms with Gasteiger partial charge in [0.2, 0.25) is 0 Å². The molecule has 2 rings (SSSR count). The van der Waals surface area contributed by atoms with Crippen LogP contribution < -0.4 is 0 Å². The molecule has 0 aliphatic heterocycles. The number of carbonyl (C=O) groups excluding carboxylic acids is 1. The van der Waals surface area contributed by atoms with Crippen LogP contribution in [0.1, 0.15) is 15.9 Å². The minimum absolute atomic E-state index is 0.0210.